The van der Waals surface area contributed by atoms with Crippen LogP contribution in [0.2, 0.25) is 0 Å². The number of benzene rings is 9. The van der Waals surface area contributed by atoms with E-state index in [0.717, 1.165) is 67.1 Å². The van der Waals surface area contributed by atoms with Crippen molar-refractivity contribution < 1.29 is 4.42 Å². The number of nitrogens with zero attached hydrogens (tertiary/aromatic N) is 2. The van der Waals surface area contributed by atoms with E-state index in [-0.39, 0.29) is 0 Å². The number of fused-ring (bicyclic) bond motifs is 3. The summed E-state index contributed by atoms with van der Waals surface area (Å²) < 4.78 is 6.20. The van der Waals surface area contributed by atoms with Gasteiger partial charge in [0.25, 0.3) is 0 Å². The summed E-state index contributed by atoms with van der Waals surface area (Å²) in [6, 6.07) is 76.9. The average Bonchev–Trinajstić information content (AvgIpc) is 3.76. The maximum absolute atomic E-state index is 6.20. The van der Waals surface area contributed by atoms with Crippen LogP contribution in [0.15, 0.2) is 223 Å². The molecule has 3 nitrogen and oxygen atoms in total. The fourth-order valence-electron chi connectivity index (χ4n) is 8.50. The van der Waals surface area contributed by atoms with Gasteiger partial charge in [0.1, 0.15) is 11.3 Å². The van der Waals surface area contributed by atoms with Crippen LogP contribution in [0.1, 0.15) is 0 Å². The molecule has 9 aromatic carbocycles. The smallest absolute Gasteiger partial charge is 0.161 e. The van der Waals surface area contributed by atoms with Gasteiger partial charge in [-0.1, -0.05) is 200 Å². The van der Waals surface area contributed by atoms with Crippen LogP contribution in [0.5, 0.6) is 0 Å². The minimum Gasteiger partial charge on any atom is -0.456 e. The molecule has 2 aromatic heterocycles. The molecule has 11 rings (SSSR count). The van der Waals surface area contributed by atoms with Gasteiger partial charge in [-0.05, 0) is 73.1 Å². The van der Waals surface area contributed by atoms with Crippen LogP contribution < -0.4 is 0 Å². The molecule has 0 fully saturated rings. The second-order valence-corrected chi connectivity index (χ2v) is 14.9. The number of aromatic nitrogens is 2. The van der Waals surface area contributed by atoms with E-state index in [9.17, 15) is 0 Å². The molecule has 0 radical (unpaired) electrons. The topological polar surface area (TPSA) is 38.9 Å². The molecule has 0 atom stereocenters. The Labute approximate surface area is 342 Å². The van der Waals surface area contributed by atoms with Crippen molar-refractivity contribution in [3.8, 4) is 78.6 Å². The molecule has 59 heavy (non-hydrogen) atoms. The highest BCUT2D eigenvalue weighted by molar-refractivity contribution is 6.21. The summed E-state index contributed by atoms with van der Waals surface area (Å²) >= 11 is 0. The van der Waals surface area contributed by atoms with Crippen molar-refractivity contribution in [3.05, 3.63) is 218 Å². The lowest BCUT2D eigenvalue weighted by atomic mass is 9.86. The van der Waals surface area contributed by atoms with Gasteiger partial charge in [-0.25, -0.2) is 9.97 Å². The van der Waals surface area contributed by atoms with Crippen molar-refractivity contribution >= 4 is 32.5 Å². The van der Waals surface area contributed by atoms with Crippen molar-refractivity contribution in [1.82, 2.24) is 9.97 Å². The summed E-state index contributed by atoms with van der Waals surface area (Å²) in [5, 5.41) is 6.03. The van der Waals surface area contributed by atoms with E-state index in [1.807, 2.05) is 24.3 Å². The van der Waals surface area contributed by atoms with E-state index in [2.05, 4.69) is 194 Å². The third-order valence-electron chi connectivity index (χ3n) is 11.3. The lowest BCUT2D eigenvalue weighted by Crippen LogP contribution is -1.97. The highest BCUT2D eigenvalue weighted by Gasteiger charge is 2.18. The van der Waals surface area contributed by atoms with Crippen LogP contribution >= 0.6 is 0 Å². The predicted molar refractivity (Wildman–Crippen MR) is 245 cm³/mol. The Hall–Kier alpha value is -7.88. The second-order valence-electron chi connectivity index (χ2n) is 14.9. The standard InChI is InChI=1S/C56H36N2O/c1-3-15-37(16-4-1)44-20-8-13-25-49(44)56-57-50(38-27-31-40(32-28-38)53-35-43-19-7-14-26-52(43)59-53)36-51(58-56)39-29-33-42(34-30-39)55-47-23-11-9-21-45(47)54(41-17-5-2-6-18-41)46-22-10-12-24-48(46)55/h1-36H. The largest absolute Gasteiger partial charge is 0.456 e. The first-order valence-electron chi connectivity index (χ1n) is 20.0. The molecule has 0 N–H and O–H groups in total. The Bertz CT molecular complexity index is 3200. The zero-order valence-corrected chi connectivity index (χ0v) is 32.1. The Balaban J connectivity index is 1.04. The lowest BCUT2D eigenvalue weighted by molar-refractivity contribution is 0.631. The van der Waals surface area contributed by atoms with Crippen molar-refractivity contribution in [2.45, 2.75) is 0 Å². The molecule has 276 valence electrons. The fourth-order valence-corrected chi connectivity index (χ4v) is 8.50. The summed E-state index contributed by atoms with van der Waals surface area (Å²) in [7, 11) is 0. The van der Waals surface area contributed by atoms with E-state index >= 15 is 0 Å². The maximum Gasteiger partial charge on any atom is 0.161 e. The van der Waals surface area contributed by atoms with Crippen molar-refractivity contribution in [1.29, 1.82) is 0 Å². The van der Waals surface area contributed by atoms with Crippen LogP contribution in [-0.4, -0.2) is 9.97 Å². The summed E-state index contributed by atoms with van der Waals surface area (Å²) in [6.45, 7) is 0. The van der Waals surface area contributed by atoms with Crippen molar-refractivity contribution in [3.63, 3.8) is 0 Å². The fraction of sp³-hybridized carbons (Fsp3) is 0. The van der Waals surface area contributed by atoms with Gasteiger partial charge in [0.15, 0.2) is 5.82 Å². The summed E-state index contributed by atoms with van der Waals surface area (Å²) in [4.78, 5) is 10.6. The van der Waals surface area contributed by atoms with Gasteiger partial charge in [0.05, 0.1) is 11.4 Å². The molecule has 0 aliphatic heterocycles. The van der Waals surface area contributed by atoms with E-state index in [0.29, 0.717) is 5.82 Å². The molecule has 0 aliphatic carbocycles. The van der Waals surface area contributed by atoms with Crippen LogP contribution in [0.3, 0.4) is 0 Å². The minimum atomic E-state index is 0.677. The molecule has 0 unspecified atom stereocenters. The number of para-hydroxylation sites is 1. The molecule has 0 bridgehead atoms. The Morgan fingerprint density at radius 1 is 0.305 bits per heavy atom. The maximum atomic E-state index is 6.20. The van der Waals surface area contributed by atoms with Gasteiger partial charge >= 0.3 is 0 Å². The predicted octanol–water partition coefficient (Wildman–Crippen LogP) is 15.2. The molecule has 3 heteroatoms. The third-order valence-corrected chi connectivity index (χ3v) is 11.3. The third kappa shape index (κ3) is 6.26. The van der Waals surface area contributed by atoms with E-state index in [4.69, 9.17) is 14.4 Å². The first-order chi connectivity index (χ1) is 29.2. The zero-order chi connectivity index (χ0) is 39.1. The summed E-state index contributed by atoms with van der Waals surface area (Å²) in [5.74, 6) is 1.52. The van der Waals surface area contributed by atoms with Crippen LogP contribution in [0, 0.1) is 0 Å². The zero-order valence-electron chi connectivity index (χ0n) is 32.1. The SMILES string of the molecule is c1ccc(-c2ccccc2-c2nc(-c3ccc(-c4cc5ccccc5o4)cc3)cc(-c3ccc(-c4c5ccccc5c(-c5ccccc5)c5ccccc45)cc3)n2)cc1. The molecular formula is C56H36N2O. The summed E-state index contributed by atoms with van der Waals surface area (Å²) in [6.07, 6.45) is 0. The van der Waals surface area contributed by atoms with E-state index in [1.54, 1.807) is 0 Å². The number of furan rings is 1. The van der Waals surface area contributed by atoms with Crippen molar-refractivity contribution in [2.75, 3.05) is 0 Å². The van der Waals surface area contributed by atoms with Gasteiger partial charge in [-0.2, -0.15) is 0 Å². The van der Waals surface area contributed by atoms with Gasteiger partial charge in [0, 0.05) is 27.6 Å². The normalized spacial score (nSPS) is 11.4. The van der Waals surface area contributed by atoms with Gasteiger partial charge in [-0.3, -0.25) is 0 Å². The molecule has 0 saturated heterocycles. The number of hydrogen-bond donors (Lipinski definition) is 0. The molecule has 0 spiro atoms. The molecule has 11 aromatic rings. The molecule has 0 amide bonds. The molecular weight excluding hydrogens is 717 g/mol. The second kappa shape index (κ2) is 14.6. The molecule has 2 heterocycles. The van der Waals surface area contributed by atoms with E-state index in [1.165, 1.54) is 38.2 Å². The number of rotatable bonds is 7. The first-order valence-corrected chi connectivity index (χ1v) is 20.0. The van der Waals surface area contributed by atoms with Crippen molar-refractivity contribution in [2.24, 2.45) is 0 Å². The van der Waals surface area contributed by atoms with E-state index < -0.39 is 0 Å². The van der Waals surface area contributed by atoms with Crippen LogP contribution in [0.4, 0.5) is 0 Å². The van der Waals surface area contributed by atoms with Crippen LogP contribution in [0.25, 0.3) is 111 Å². The van der Waals surface area contributed by atoms with Gasteiger partial charge < -0.3 is 4.42 Å². The summed E-state index contributed by atoms with van der Waals surface area (Å²) in [5.41, 5.74) is 13.7. The Morgan fingerprint density at radius 2 is 0.729 bits per heavy atom. The Kier molecular flexibility index (Phi) is 8.49. The minimum absolute atomic E-state index is 0.677. The quantitative estimate of drug-likeness (QED) is 0.152. The first kappa shape index (κ1) is 34.4. The van der Waals surface area contributed by atoms with Gasteiger partial charge in [0.2, 0.25) is 0 Å². The Morgan fingerprint density at radius 3 is 1.29 bits per heavy atom. The highest BCUT2D eigenvalue weighted by Crippen LogP contribution is 2.44. The van der Waals surface area contributed by atoms with Gasteiger partial charge in [-0.15, -0.1) is 0 Å². The lowest BCUT2D eigenvalue weighted by Gasteiger charge is -2.18. The average molecular weight is 753 g/mol. The number of hydrogen-bond acceptors (Lipinski definition) is 3. The molecule has 0 aliphatic rings. The molecule has 0 saturated carbocycles. The van der Waals surface area contributed by atoms with Crippen LogP contribution in [-0.2, 0) is 0 Å². The highest BCUT2D eigenvalue weighted by atomic mass is 16.3. The monoisotopic (exact) mass is 752 g/mol.